The predicted octanol–water partition coefficient (Wildman–Crippen LogP) is 4.31. The molecule has 156 valence electrons. The van der Waals surface area contributed by atoms with E-state index in [2.05, 4.69) is 5.09 Å². The first-order valence-corrected chi connectivity index (χ1v) is 11.3. The minimum atomic E-state index is -3.39. The number of allylic oxidation sites excluding steroid dienone is 1. The Morgan fingerprint density at radius 1 is 1.14 bits per heavy atom. The van der Waals surface area contributed by atoms with Crippen LogP contribution in [0.25, 0.3) is 0 Å². The maximum Gasteiger partial charge on any atom is 0.323 e. The Morgan fingerprint density at radius 3 is 2.38 bits per heavy atom. The van der Waals surface area contributed by atoms with Gasteiger partial charge in [-0.3, -0.25) is 9.36 Å². The molecular weight excluding hydrogens is 389 g/mol. The van der Waals surface area contributed by atoms with Crippen LogP contribution in [0, 0.1) is 0 Å². The number of hydrogen-bond donors (Lipinski definition) is 2. The van der Waals surface area contributed by atoms with Crippen LogP contribution in [0.4, 0.5) is 0 Å². The van der Waals surface area contributed by atoms with E-state index < -0.39 is 19.5 Å². The Bertz CT molecular complexity index is 839. The van der Waals surface area contributed by atoms with Crippen molar-refractivity contribution in [1.29, 1.82) is 0 Å². The van der Waals surface area contributed by atoms with Crippen LogP contribution in [-0.2, 0) is 20.7 Å². The molecule has 2 rings (SSSR count). The van der Waals surface area contributed by atoms with Gasteiger partial charge in [-0.05, 0) is 38.0 Å². The Labute approximate surface area is 172 Å². The second kappa shape index (κ2) is 11.6. The van der Waals surface area contributed by atoms with E-state index in [0.29, 0.717) is 12.2 Å². The van der Waals surface area contributed by atoms with E-state index in [4.69, 9.17) is 14.4 Å². The number of aliphatic hydroxyl groups excluding tert-OH is 1. The van der Waals surface area contributed by atoms with Crippen molar-refractivity contribution in [1.82, 2.24) is 5.09 Å². The first-order valence-electron chi connectivity index (χ1n) is 9.50. The van der Waals surface area contributed by atoms with E-state index in [9.17, 15) is 9.36 Å². The number of hydrogen-bond acceptors (Lipinski definition) is 5. The summed E-state index contributed by atoms with van der Waals surface area (Å²) < 4.78 is 24.5. The second-order valence-corrected chi connectivity index (χ2v) is 8.98. The molecule has 2 aromatic rings. The number of carbonyl (C=O) groups excluding carboxylic acids is 1. The monoisotopic (exact) mass is 417 g/mol. The molecule has 0 aromatic heterocycles. The lowest BCUT2D eigenvalue weighted by Gasteiger charge is -2.23. The van der Waals surface area contributed by atoms with Crippen LogP contribution >= 0.6 is 7.52 Å². The molecule has 7 heteroatoms. The van der Waals surface area contributed by atoms with Gasteiger partial charge in [-0.15, -0.1) is 0 Å². The molecule has 0 heterocycles. The fraction of sp³-hybridized carbons (Fsp3) is 0.318. The lowest BCUT2D eigenvalue weighted by Crippen LogP contribution is -2.35. The standard InChI is InChI=1S/C22H28NO5P/c1-18(16-24)10-9-15-29(26,28-21-13-7-4-8-14-21)23-19(2)22(25)27-17-20-11-5-3-6-12-20/h3-8,10-14,19,24H,9,15-17H2,1-2H3,(H,23,26)/b18-10+. The van der Waals surface area contributed by atoms with Crippen molar-refractivity contribution in [3.8, 4) is 5.75 Å². The van der Waals surface area contributed by atoms with Crippen LogP contribution in [0.1, 0.15) is 25.8 Å². The van der Waals surface area contributed by atoms with E-state index >= 15 is 0 Å². The number of ether oxygens (including phenoxy) is 1. The van der Waals surface area contributed by atoms with E-state index in [0.717, 1.165) is 11.1 Å². The number of nitrogens with one attached hydrogen (secondary N) is 1. The zero-order valence-electron chi connectivity index (χ0n) is 16.8. The molecule has 0 saturated carbocycles. The Hall–Kier alpha value is -2.40. The number of esters is 1. The summed E-state index contributed by atoms with van der Waals surface area (Å²) in [4.78, 5) is 12.4. The zero-order chi connectivity index (χ0) is 21.1. The first kappa shape index (κ1) is 22.9. The van der Waals surface area contributed by atoms with Gasteiger partial charge in [0.2, 0.25) is 0 Å². The summed E-state index contributed by atoms with van der Waals surface area (Å²) in [6.45, 7) is 3.48. The van der Waals surface area contributed by atoms with Crippen molar-refractivity contribution >= 4 is 13.5 Å². The van der Waals surface area contributed by atoms with Crippen LogP contribution in [0.15, 0.2) is 72.3 Å². The third-order valence-corrected chi connectivity index (χ3v) is 6.26. The highest BCUT2D eigenvalue weighted by molar-refractivity contribution is 7.57. The molecule has 0 aliphatic heterocycles. The van der Waals surface area contributed by atoms with Crippen LogP contribution in [0.3, 0.4) is 0 Å². The van der Waals surface area contributed by atoms with Crippen molar-refractivity contribution in [2.45, 2.75) is 32.9 Å². The van der Waals surface area contributed by atoms with Crippen molar-refractivity contribution in [2.75, 3.05) is 12.8 Å². The van der Waals surface area contributed by atoms with E-state index in [1.54, 1.807) is 44.2 Å². The van der Waals surface area contributed by atoms with Gasteiger partial charge in [0.15, 0.2) is 0 Å². The minimum absolute atomic E-state index is 0.0561. The van der Waals surface area contributed by atoms with Gasteiger partial charge in [0.1, 0.15) is 18.4 Å². The minimum Gasteiger partial charge on any atom is -0.460 e. The molecule has 0 spiro atoms. The van der Waals surface area contributed by atoms with E-state index in [-0.39, 0.29) is 19.4 Å². The molecule has 0 bridgehead atoms. The largest absolute Gasteiger partial charge is 0.460 e. The van der Waals surface area contributed by atoms with Crippen molar-refractivity contribution in [2.24, 2.45) is 0 Å². The smallest absolute Gasteiger partial charge is 0.323 e. The van der Waals surface area contributed by atoms with Crippen LogP contribution < -0.4 is 9.61 Å². The van der Waals surface area contributed by atoms with Crippen LogP contribution in [-0.4, -0.2) is 29.9 Å². The lowest BCUT2D eigenvalue weighted by molar-refractivity contribution is -0.146. The topological polar surface area (TPSA) is 84.9 Å². The molecule has 0 aliphatic rings. The van der Waals surface area contributed by atoms with Gasteiger partial charge in [0, 0.05) is 0 Å². The fourth-order valence-electron chi connectivity index (χ4n) is 2.54. The molecule has 2 atom stereocenters. The third kappa shape index (κ3) is 8.24. The summed E-state index contributed by atoms with van der Waals surface area (Å²) in [5.41, 5.74) is 1.66. The molecule has 0 fully saturated rings. The quantitative estimate of drug-likeness (QED) is 0.322. The number of carbonyl (C=O) groups is 1. The Balaban J connectivity index is 2.02. The number of rotatable bonds is 11. The highest BCUT2D eigenvalue weighted by atomic mass is 31.2. The average Bonchev–Trinajstić information content (AvgIpc) is 2.73. The molecule has 0 aliphatic carbocycles. The lowest BCUT2D eigenvalue weighted by atomic mass is 10.2. The number of aliphatic hydroxyl groups is 1. The second-order valence-electron chi connectivity index (χ2n) is 6.74. The Kier molecular flexibility index (Phi) is 9.13. The highest BCUT2D eigenvalue weighted by Crippen LogP contribution is 2.44. The van der Waals surface area contributed by atoms with Crippen LogP contribution in [0.5, 0.6) is 5.75 Å². The predicted molar refractivity (Wildman–Crippen MR) is 114 cm³/mol. The maximum absolute atomic E-state index is 13.4. The highest BCUT2D eigenvalue weighted by Gasteiger charge is 2.29. The maximum atomic E-state index is 13.4. The summed E-state index contributed by atoms with van der Waals surface area (Å²) in [5.74, 6) is -0.0520. The van der Waals surface area contributed by atoms with Gasteiger partial charge in [-0.25, -0.2) is 5.09 Å². The molecule has 2 N–H and O–H groups in total. The van der Waals surface area contributed by atoms with Gasteiger partial charge in [0.25, 0.3) is 0 Å². The fourth-order valence-corrected chi connectivity index (χ4v) is 4.43. The molecule has 6 nitrogen and oxygen atoms in total. The van der Waals surface area contributed by atoms with E-state index in [1.165, 1.54) is 0 Å². The normalized spacial score (nSPS) is 14.7. The molecular formula is C22H28NO5P. The van der Waals surface area contributed by atoms with Gasteiger partial charge >= 0.3 is 13.5 Å². The molecule has 29 heavy (non-hydrogen) atoms. The number of para-hydroxylation sites is 1. The summed E-state index contributed by atoms with van der Waals surface area (Å²) in [5, 5.41) is 12.0. The first-order chi connectivity index (χ1) is 13.9. The summed E-state index contributed by atoms with van der Waals surface area (Å²) in [7, 11) is -3.39. The van der Waals surface area contributed by atoms with Gasteiger partial charge in [-0.2, -0.15) is 0 Å². The van der Waals surface area contributed by atoms with Gasteiger partial charge in [-0.1, -0.05) is 60.2 Å². The summed E-state index contributed by atoms with van der Waals surface area (Å²) in [6, 6.07) is 17.4. The molecule has 0 amide bonds. The molecule has 0 radical (unpaired) electrons. The van der Waals surface area contributed by atoms with E-state index in [1.807, 2.05) is 36.4 Å². The van der Waals surface area contributed by atoms with Crippen molar-refractivity contribution in [3.63, 3.8) is 0 Å². The summed E-state index contributed by atoms with van der Waals surface area (Å²) >= 11 is 0. The van der Waals surface area contributed by atoms with Crippen molar-refractivity contribution < 1.29 is 23.7 Å². The molecule has 2 aromatic carbocycles. The Morgan fingerprint density at radius 2 is 1.76 bits per heavy atom. The molecule has 2 unspecified atom stereocenters. The van der Waals surface area contributed by atoms with Crippen LogP contribution in [0.2, 0.25) is 0 Å². The SMILES string of the molecule is C/C(=C\CCP(=O)(NC(C)C(=O)OCc1ccccc1)Oc1ccccc1)CO. The van der Waals surface area contributed by atoms with Gasteiger partial charge < -0.3 is 14.4 Å². The molecule has 0 saturated heterocycles. The third-order valence-electron chi connectivity index (χ3n) is 4.13. The summed E-state index contributed by atoms with van der Waals surface area (Å²) in [6.07, 6.45) is 2.42. The zero-order valence-corrected chi connectivity index (χ0v) is 17.7. The number of benzene rings is 2. The van der Waals surface area contributed by atoms with Gasteiger partial charge in [0.05, 0.1) is 12.8 Å². The average molecular weight is 417 g/mol. The van der Waals surface area contributed by atoms with Crippen molar-refractivity contribution in [3.05, 3.63) is 77.9 Å².